The van der Waals surface area contributed by atoms with Crippen LogP contribution in [0.25, 0.3) is 0 Å². The number of Topliss-reactive ketones (excluding diaryl/α,β-unsaturated/α-hetero) is 1. The Bertz CT molecular complexity index is 1760. The van der Waals surface area contributed by atoms with Crippen LogP contribution in [0.2, 0.25) is 0 Å². The number of carbonyl (C=O) groups excluding carboxylic acids is 1. The minimum Gasteiger partial charge on any atom is -0.394 e. The highest BCUT2D eigenvalue weighted by molar-refractivity contribution is 5.83. The number of carbonyl (C=O) groups is 1. The van der Waals surface area contributed by atoms with E-state index < -0.39 is 123 Å². The maximum atomic E-state index is 13.6. The molecule has 0 aromatic rings. The van der Waals surface area contributed by atoms with Gasteiger partial charge in [-0.15, -0.1) is 0 Å². The third kappa shape index (κ3) is 7.84. The summed E-state index contributed by atoms with van der Waals surface area (Å²) in [6.07, 6.45) is -15.2. The molecule has 0 aromatic carbocycles. The van der Waals surface area contributed by atoms with E-state index >= 15 is 0 Å². The first-order chi connectivity index (χ1) is 30.9. The van der Waals surface area contributed by atoms with E-state index in [1.807, 2.05) is 6.92 Å². The molecule has 378 valence electrons. The van der Waals surface area contributed by atoms with Gasteiger partial charge in [-0.2, -0.15) is 0 Å². The molecule has 3 aliphatic heterocycles. The SMILES string of the molecule is C=C(C)[C@@H]1CC[C@]2(C(C)=O)CC[C@]3(C)[C@H](CC[C@@H]4[C@@]5(C)CC[C@H](O[C@H]6O[C@H](CO[C@H]7O[C@H](CO)[C@@H](O)[C@H](O)[C@@H]7O)[C@H](O)[C@H](O[C@H]7O[C@H](CO)[C@@H](O)[C@H](O)[C@@H]7O)[C@H]6O)C(C)(C)[C@@H]5CC[C@]43C)[C@@H]12. The molecule has 66 heavy (non-hydrogen) atoms. The number of allylic oxidation sites excluding steroid dienone is 1. The first-order valence-corrected chi connectivity index (χ1v) is 24.6. The van der Waals surface area contributed by atoms with Crippen LogP contribution < -0.4 is 0 Å². The lowest BCUT2D eigenvalue weighted by Gasteiger charge is -2.73. The number of aliphatic hydroxyl groups is 10. The van der Waals surface area contributed by atoms with Crippen LogP contribution in [0.4, 0.5) is 0 Å². The fourth-order valence-electron chi connectivity index (χ4n) is 16.2. The molecule has 0 radical (unpaired) electrons. The zero-order valence-corrected chi connectivity index (χ0v) is 39.9. The molecule has 0 unspecified atom stereocenters. The van der Waals surface area contributed by atoms with Crippen molar-refractivity contribution in [1.82, 2.24) is 0 Å². The van der Waals surface area contributed by atoms with E-state index in [1.165, 1.54) is 5.57 Å². The summed E-state index contributed by atoms with van der Waals surface area (Å²) in [6, 6.07) is 0. The highest BCUT2D eigenvalue weighted by Crippen LogP contribution is 2.77. The molecule has 5 aliphatic carbocycles. The number of hydrogen-bond donors (Lipinski definition) is 10. The van der Waals surface area contributed by atoms with Gasteiger partial charge in [-0.05, 0) is 129 Å². The number of ether oxygens (including phenoxy) is 6. The van der Waals surface area contributed by atoms with Crippen molar-refractivity contribution in [3.8, 4) is 0 Å². The van der Waals surface area contributed by atoms with Crippen molar-refractivity contribution >= 4 is 5.78 Å². The molecule has 0 spiro atoms. The molecule has 5 saturated carbocycles. The van der Waals surface area contributed by atoms with Gasteiger partial charge in [-0.1, -0.05) is 46.8 Å². The first-order valence-electron chi connectivity index (χ1n) is 24.6. The molecule has 10 N–H and O–H groups in total. The summed E-state index contributed by atoms with van der Waals surface area (Å²) in [6.45, 7) is 18.4. The molecular formula is C49H80O17. The smallest absolute Gasteiger partial charge is 0.187 e. The topological polar surface area (TPSA) is 275 Å². The molecule has 0 amide bonds. The summed E-state index contributed by atoms with van der Waals surface area (Å²) in [5.41, 5.74) is 0.526. The van der Waals surface area contributed by atoms with Crippen molar-refractivity contribution in [2.75, 3.05) is 19.8 Å². The summed E-state index contributed by atoms with van der Waals surface area (Å²) in [5.74, 6) is 2.10. The van der Waals surface area contributed by atoms with Crippen LogP contribution in [0.3, 0.4) is 0 Å². The van der Waals surface area contributed by atoms with Gasteiger partial charge in [0.2, 0.25) is 0 Å². The van der Waals surface area contributed by atoms with Gasteiger partial charge in [-0.3, -0.25) is 4.79 Å². The van der Waals surface area contributed by atoms with Crippen LogP contribution in [0.5, 0.6) is 0 Å². The molecule has 3 heterocycles. The summed E-state index contributed by atoms with van der Waals surface area (Å²) in [4.78, 5) is 13.6. The maximum absolute atomic E-state index is 13.6. The molecule has 25 atom stereocenters. The van der Waals surface area contributed by atoms with Gasteiger partial charge in [-0.25, -0.2) is 0 Å². The van der Waals surface area contributed by atoms with Gasteiger partial charge in [0.25, 0.3) is 0 Å². The Labute approximate surface area is 388 Å². The Morgan fingerprint density at radius 3 is 1.79 bits per heavy atom. The van der Waals surface area contributed by atoms with E-state index in [1.54, 1.807) is 0 Å². The minimum absolute atomic E-state index is 0.0397. The second-order valence-electron chi connectivity index (χ2n) is 23.2. The largest absolute Gasteiger partial charge is 0.394 e. The highest BCUT2D eigenvalue weighted by atomic mass is 16.8. The predicted octanol–water partition coefficient (Wildman–Crippen LogP) is 1.07. The fraction of sp³-hybridized carbons (Fsp3) is 0.939. The maximum Gasteiger partial charge on any atom is 0.187 e. The van der Waals surface area contributed by atoms with Crippen LogP contribution in [-0.2, 0) is 33.2 Å². The van der Waals surface area contributed by atoms with Gasteiger partial charge < -0.3 is 79.5 Å². The van der Waals surface area contributed by atoms with Crippen molar-refractivity contribution in [2.45, 2.75) is 211 Å². The molecule has 8 fully saturated rings. The molecule has 3 saturated heterocycles. The lowest BCUT2D eigenvalue weighted by Crippen LogP contribution is -2.68. The zero-order chi connectivity index (χ0) is 48.2. The highest BCUT2D eigenvalue weighted by Gasteiger charge is 2.72. The lowest BCUT2D eigenvalue weighted by molar-refractivity contribution is -0.375. The summed E-state index contributed by atoms with van der Waals surface area (Å²) in [7, 11) is 0. The molecule has 0 bridgehead atoms. The van der Waals surface area contributed by atoms with Crippen molar-refractivity contribution < 1.29 is 84.3 Å². The van der Waals surface area contributed by atoms with E-state index in [0.717, 1.165) is 57.8 Å². The molecule has 17 heteroatoms. The van der Waals surface area contributed by atoms with Crippen LogP contribution in [-0.4, -0.2) is 175 Å². The Morgan fingerprint density at radius 1 is 0.591 bits per heavy atom. The van der Waals surface area contributed by atoms with E-state index in [-0.39, 0.29) is 27.6 Å². The van der Waals surface area contributed by atoms with Crippen molar-refractivity contribution in [2.24, 2.45) is 56.7 Å². The molecule has 8 rings (SSSR count). The average Bonchev–Trinajstić information content (AvgIpc) is 3.68. The molecule has 0 aromatic heterocycles. The monoisotopic (exact) mass is 941 g/mol. The average molecular weight is 941 g/mol. The standard InChI is InChI=1S/C49H80O17/c1-22(2)24-11-16-49(23(3)52)18-17-47(7)25(32(24)49)9-10-30-46(6)14-13-31(45(4,5)29(46)12-15-48(30,47)8)65-44-40(60)41(66-43-39(59)37(57)34(54)27(20-51)63-43)35(55)28(64-44)21-61-42-38(58)36(56)33(53)26(19-50)62-42/h24-44,50-51,53-60H,1,9-21H2,2-8H3/t24-,25+,26+,27+,28+,29-,30+,31-,32+,33+,34+,35-,36-,37-,38-,39-,40+,41-,42-,43+,44+,46-,47+,48+,49+/m0/s1. The van der Waals surface area contributed by atoms with Crippen molar-refractivity contribution in [3.63, 3.8) is 0 Å². The quantitative estimate of drug-likeness (QED) is 0.103. The van der Waals surface area contributed by atoms with Crippen LogP contribution in [0.1, 0.15) is 113 Å². The minimum atomic E-state index is -1.85. The fourth-order valence-corrected chi connectivity index (χ4v) is 16.2. The van der Waals surface area contributed by atoms with E-state index in [9.17, 15) is 55.9 Å². The Kier molecular flexibility index (Phi) is 14.3. The summed E-state index contributed by atoms with van der Waals surface area (Å²) >= 11 is 0. The molecular weight excluding hydrogens is 861 g/mol. The van der Waals surface area contributed by atoms with Crippen LogP contribution >= 0.6 is 0 Å². The first kappa shape index (κ1) is 51.1. The van der Waals surface area contributed by atoms with Crippen molar-refractivity contribution in [1.29, 1.82) is 0 Å². The van der Waals surface area contributed by atoms with E-state index in [4.69, 9.17) is 28.4 Å². The third-order valence-electron chi connectivity index (χ3n) is 20.1. The number of fused-ring (bicyclic) bond motifs is 7. The van der Waals surface area contributed by atoms with E-state index in [2.05, 4.69) is 48.1 Å². The Hall–Kier alpha value is -1.23. The van der Waals surface area contributed by atoms with Crippen LogP contribution in [0, 0.1) is 56.7 Å². The second-order valence-corrected chi connectivity index (χ2v) is 23.2. The van der Waals surface area contributed by atoms with E-state index in [0.29, 0.717) is 35.9 Å². The van der Waals surface area contributed by atoms with Crippen molar-refractivity contribution in [3.05, 3.63) is 12.2 Å². The number of ketones is 1. The predicted molar refractivity (Wildman–Crippen MR) is 234 cm³/mol. The number of hydrogen-bond acceptors (Lipinski definition) is 17. The van der Waals surface area contributed by atoms with Crippen LogP contribution in [0.15, 0.2) is 12.2 Å². The Morgan fingerprint density at radius 2 is 1.18 bits per heavy atom. The normalized spacial score (nSPS) is 54.7. The van der Waals surface area contributed by atoms with Gasteiger partial charge in [0, 0.05) is 5.41 Å². The summed E-state index contributed by atoms with van der Waals surface area (Å²) in [5, 5.41) is 107. The summed E-state index contributed by atoms with van der Waals surface area (Å²) < 4.78 is 36.1. The van der Waals surface area contributed by atoms with Gasteiger partial charge in [0.15, 0.2) is 18.9 Å². The number of aliphatic hydroxyl groups excluding tert-OH is 10. The second kappa shape index (κ2) is 18.4. The lowest BCUT2D eigenvalue weighted by atomic mass is 9.32. The van der Waals surface area contributed by atoms with Gasteiger partial charge in [0.1, 0.15) is 79.0 Å². The Balaban J connectivity index is 1.03. The molecule has 17 nitrogen and oxygen atoms in total. The van der Waals surface area contributed by atoms with Gasteiger partial charge >= 0.3 is 0 Å². The van der Waals surface area contributed by atoms with Gasteiger partial charge in [0.05, 0.1) is 25.9 Å². The zero-order valence-electron chi connectivity index (χ0n) is 39.9. The molecule has 8 aliphatic rings. The third-order valence-corrected chi connectivity index (χ3v) is 20.1. The number of rotatable bonds is 11.